The van der Waals surface area contributed by atoms with Gasteiger partial charge in [0.2, 0.25) is 0 Å². The van der Waals surface area contributed by atoms with Gasteiger partial charge in [-0.15, -0.1) is 0 Å². The fourth-order valence-electron chi connectivity index (χ4n) is 1.76. The summed E-state index contributed by atoms with van der Waals surface area (Å²) in [5.74, 6) is 0. The standard InChI is InChI=1S/C15H17NO4S2/c1-12-4-8-14(9-5-12)21(17,18)16(3)22(19,20)15-10-6-13(2)7-11-15/h4-11H,1-3H3/i3TD/t3-/m1/s1. The molecule has 7 heteroatoms. The van der Waals surface area contributed by atoms with Crippen LogP contribution in [0.4, 0.5) is 0 Å². The first-order valence-electron chi connectivity index (χ1n) is 7.50. The van der Waals surface area contributed by atoms with E-state index in [1.807, 2.05) is 0 Å². The van der Waals surface area contributed by atoms with Crippen LogP contribution in [0, 0.1) is 13.8 Å². The molecule has 1 atom stereocenters. The molecule has 0 unspecified atom stereocenters. The van der Waals surface area contributed by atoms with E-state index in [-0.39, 0.29) is 13.5 Å². The minimum Gasteiger partial charge on any atom is -0.206 e. The van der Waals surface area contributed by atoms with Crippen LogP contribution in [0.15, 0.2) is 58.3 Å². The smallest absolute Gasteiger partial charge is 0.206 e. The van der Waals surface area contributed by atoms with E-state index in [1.165, 1.54) is 48.5 Å². The summed E-state index contributed by atoms with van der Waals surface area (Å²) in [5.41, 5.74) is 1.60. The summed E-state index contributed by atoms with van der Waals surface area (Å²) in [7, 11) is -9.13. The molecule has 0 radical (unpaired) electrons. The van der Waals surface area contributed by atoms with Crippen LogP contribution in [0.1, 0.15) is 13.9 Å². The van der Waals surface area contributed by atoms with Gasteiger partial charge in [-0.2, -0.15) is 0 Å². The van der Waals surface area contributed by atoms with E-state index in [0.29, 0.717) is 0 Å². The van der Waals surface area contributed by atoms with Crippen molar-refractivity contribution < 1.29 is 19.6 Å². The third kappa shape index (κ3) is 3.06. The topological polar surface area (TPSA) is 71.5 Å². The van der Waals surface area contributed by atoms with Crippen LogP contribution < -0.4 is 0 Å². The summed E-state index contributed by atoms with van der Waals surface area (Å²) < 4.78 is 65.6. The number of benzene rings is 2. The highest BCUT2D eigenvalue weighted by Gasteiger charge is 2.32. The molecule has 22 heavy (non-hydrogen) atoms. The Bertz CT molecular complexity index is 847. The molecule has 0 fully saturated rings. The van der Waals surface area contributed by atoms with Gasteiger partial charge in [-0.25, -0.2) is 16.8 Å². The molecule has 0 bridgehead atoms. The summed E-state index contributed by atoms with van der Waals surface area (Å²) in [6.07, 6.45) is 0. The van der Waals surface area contributed by atoms with E-state index in [4.69, 9.17) is 2.74 Å². The van der Waals surface area contributed by atoms with E-state index in [2.05, 4.69) is 0 Å². The van der Waals surface area contributed by atoms with Gasteiger partial charge in [0.1, 0.15) is 0 Å². The minimum absolute atomic E-state index is 0.0880. The fourth-order valence-corrected chi connectivity index (χ4v) is 4.68. The zero-order valence-electron chi connectivity index (χ0n) is 14.1. The van der Waals surface area contributed by atoms with Crippen molar-refractivity contribution in [1.29, 1.82) is 0 Å². The van der Waals surface area contributed by atoms with Crippen molar-refractivity contribution in [3.63, 3.8) is 0 Å². The monoisotopic (exact) mass is 342 g/mol. The lowest BCUT2D eigenvalue weighted by atomic mass is 10.2. The summed E-state index contributed by atoms with van der Waals surface area (Å²) in [4.78, 5) is -0.568. The molecule has 0 amide bonds. The van der Waals surface area contributed by atoms with Crippen LogP contribution in [0.3, 0.4) is 0 Å². The molecule has 5 nitrogen and oxygen atoms in total. The average Bonchev–Trinajstić information content (AvgIpc) is 2.47. The maximum absolute atomic E-state index is 12.7. The highest BCUT2D eigenvalue weighted by atomic mass is 32.3. The maximum atomic E-state index is 12.7. The third-order valence-corrected chi connectivity index (χ3v) is 6.97. The average molecular weight is 342 g/mol. The lowest BCUT2D eigenvalue weighted by Gasteiger charge is -2.17. The van der Waals surface area contributed by atoms with Crippen LogP contribution in [-0.4, -0.2) is 27.5 Å². The Morgan fingerprint density at radius 2 is 1.14 bits per heavy atom. The van der Waals surface area contributed by atoms with E-state index in [0.717, 1.165) is 11.1 Å². The van der Waals surface area contributed by atoms with E-state index in [9.17, 15) is 16.8 Å². The maximum Gasteiger partial charge on any atom is 0.256 e. The van der Waals surface area contributed by atoms with E-state index in [1.54, 1.807) is 13.8 Å². The van der Waals surface area contributed by atoms with E-state index >= 15 is 0 Å². The first-order valence-corrected chi connectivity index (χ1v) is 9.22. The van der Waals surface area contributed by atoms with Gasteiger partial charge in [0.05, 0.1) is 9.79 Å². The fraction of sp³-hybridized carbons (Fsp3) is 0.200. The van der Waals surface area contributed by atoms with Gasteiger partial charge < -0.3 is 0 Å². The molecule has 0 spiro atoms. The number of hydrogen-bond donors (Lipinski definition) is 0. The van der Waals surface area contributed by atoms with Crippen molar-refractivity contribution in [2.45, 2.75) is 23.6 Å². The SMILES string of the molecule is [2H][C@H]([3H])N(S(=O)(=O)c1ccc(C)cc1)S(=O)(=O)c1ccc(C)cc1. The number of hydrogen-bond acceptors (Lipinski definition) is 4. The van der Waals surface area contributed by atoms with E-state index < -0.39 is 27.0 Å². The van der Waals surface area contributed by atoms with Gasteiger partial charge in [-0.1, -0.05) is 39.1 Å². The number of nitrogens with zero attached hydrogens (tertiary/aromatic N) is 1. The first kappa shape index (κ1) is 13.9. The molecule has 0 heterocycles. The number of aryl methyl sites for hydroxylation is 2. The largest absolute Gasteiger partial charge is 0.256 e. The molecule has 0 aliphatic carbocycles. The lowest BCUT2D eigenvalue weighted by molar-refractivity contribution is 0.526. The normalized spacial score (nSPS) is 15.2. The molecule has 0 saturated heterocycles. The van der Waals surface area contributed by atoms with Crippen molar-refractivity contribution in [3.05, 3.63) is 59.7 Å². The Labute approximate surface area is 134 Å². The van der Waals surface area contributed by atoms with Crippen LogP contribution in [0.5, 0.6) is 0 Å². The predicted octanol–water partition coefficient (Wildman–Crippen LogP) is 2.31. The van der Waals surface area contributed by atoms with Crippen molar-refractivity contribution in [3.8, 4) is 0 Å². The zero-order valence-corrected chi connectivity index (χ0v) is 13.7. The second-order valence-corrected chi connectivity index (χ2v) is 8.72. The van der Waals surface area contributed by atoms with Crippen molar-refractivity contribution in [2.75, 3.05) is 7.00 Å². The molecule has 118 valence electrons. The second-order valence-electron chi connectivity index (χ2n) is 4.86. The molecular weight excluding hydrogens is 322 g/mol. The number of sulfonamides is 2. The molecule has 2 aromatic rings. The Balaban J connectivity index is 2.60. The Kier molecular flexibility index (Phi) is 3.69. The van der Waals surface area contributed by atoms with Gasteiger partial charge in [-0.05, 0) is 38.1 Å². The first-order chi connectivity index (χ1) is 11.1. The molecule has 0 aliphatic heterocycles. The van der Waals surface area contributed by atoms with Gasteiger partial charge in [0.15, 0.2) is 0 Å². The molecule has 2 rings (SSSR count). The number of rotatable bonds is 4. The Morgan fingerprint density at radius 3 is 1.41 bits per heavy atom. The van der Waals surface area contributed by atoms with Crippen molar-refractivity contribution in [2.24, 2.45) is 0 Å². The quantitative estimate of drug-likeness (QED) is 0.855. The Hall–Kier alpha value is -1.70. The predicted molar refractivity (Wildman–Crippen MR) is 84.5 cm³/mol. The third-order valence-electron chi connectivity index (χ3n) is 3.11. The highest BCUT2D eigenvalue weighted by Crippen LogP contribution is 2.23. The molecule has 0 aromatic heterocycles. The summed E-state index contributed by atoms with van der Waals surface area (Å²) >= 11 is 0. The van der Waals surface area contributed by atoms with Crippen LogP contribution in [0.25, 0.3) is 0 Å². The summed E-state index contributed by atoms with van der Waals surface area (Å²) in [6.45, 7) is 1.27. The Morgan fingerprint density at radius 1 is 0.818 bits per heavy atom. The van der Waals surface area contributed by atoms with Crippen molar-refractivity contribution in [1.82, 2.24) is 3.71 Å². The lowest BCUT2D eigenvalue weighted by Crippen LogP contribution is -2.33. The molecular formula is C15H17NO4S2. The molecule has 0 aliphatic rings. The minimum atomic E-state index is -4.56. The van der Waals surface area contributed by atoms with Crippen LogP contribution >= 0.6 is 0 Å². The highest BCUT2D eigenvalue weighted by molar-refractivity contribution is 8.04. The zero-order chi connectivity index (χ0) is 18.1. The second kappa shape index (κ2) is 5.83. The molecule has 0 N–H and O–H groups in total. The van der Waals surface area contributed by atoms with Crippen molar-refractivity contribution >= 4 is 20.0 Å². The molecule has 2 aromatic carbocycles. The van der Waals surface area contributed by atoms with Crippen LogP contribution in [-0.2, 0) is 20.0 Å². The van der Waals surface area contributed by atoms with Crippen LogP contribution in [0.2, 0.25) is 0 Å². The van der Waals surface area contributed by atoms with Gasteiger partial charge >= 0.3 is 0 Å². The molecule has 0 saturated carbocycles. The van der Waals surface area contributed by atoms with Gasteiger partial charge in [0.25, 0.3) is 20.0 Å². The summed E-state index contributed by atoms with van der Waals surface area (Å²) in [6, 6.07) is 11.1. The summed E-state index contributed by atoms with van der Waals surface area (Å²) in [5, 5.41) is 0. The van der Waals surface area contributed by atoms with Gasteiger partial charge in [0, 0.05) is 9.74 Å². The van der Waals surface area contributed by atoms with Gasteiger partial charge in [-0.3, -0.25) is 0 Å².